The molecule has 0 unspecified atom stereocenters. The van der Waals surface area contributed by atoms with E-state index in [4.69, 9.17) is 4.74 Å². The summed E-state index contributed by atoms with van der Waals surface area (Å²) in [7, 11) is -3.75. The molecule has 0 aliphatic heterocycles. The molecule has 1 amide bonds. The molecule has 30 heavy (non-hydrogen) atoms. The molecule has 9 heteroatoms. The number of halogens is 2. The summed E-state index contributed by atoms with van der Waals surface area (Å²) >= 11 is 0. The van der Waals surface area contributed by atoms with E-state index >= 15 is 0 Å². The Bertz CT molecular complexity index is 1020. The fourth-order valence-electron chi connectivity index (χ4n) is 2.76. The van der Waals surface area contributed by atoms with Gasteiger partial charge >= 0.3 is 0 Å². The maximum absolute atomic E-state index is 13.7. The minimum atomic E-state index is -3.75. The Hall–Kier alpha value is -2.78. The van der Waals surface area contributed by atoms with Crippen LogP contribution in [0, 0.1) is 11.6 Å². The number of carbonyl (C=O) groups excluding carboxylic acids is 1. The normalized spacial score (nSPS) is 11.8. The van der Waals surface area contributed by atoms with E-state index in [1.807, 2.05) is 0 Å². The van der Waals surface area contributed by atoms with Crippen LogP contribution in [0.1, 0.15) is 26.3 Å². The molecule has 0 aromatic heterocycles. The summed E-state index contributed by atoms with van der Waals surface area (Å²) in [5.74, 6) is -2.03. The van der Waals surface area contributed by atoms with E-state index in [1.165, 1.54) is 28.6 Å². The Kier molecular flexibility index (Phi) is 8.08. The lowest BCUT2D eigenvalue weighted by atomic mass is 10.2. The predicted molar refractivity (Wildman–Crippen MR) is 112 cm³/mol. The van der Waals surface area contributed by atoms with Gasteiger partial charge in [0.15, 0.2) is 0 Å². The number of rotatable bonds is 9. The second-order valence-corrected chi connectivity index (χ2v) is 8.08. The summed E-state index contributed by atoms with van der Waals surface area (Å²) in [6.07, 6.45) is 1.97. The molecular formula is C21H24F2N2O4S. The zero-order valence-electron chi connectivity index (χ0n) is 17.0. The molecule has 0 saturated carbocycles. The average Bonchev–Trinajstić information content (AvgIpc) is 2.69. The number of amides is 1. The zero-order valence-corrected chi connectivity index (χ0v) is 17.8. The van der Waals surface area contributed by atoms with Crippen molar-refractivity contribution in [1.29, 1.82) is 0 Å². The molecule has 0 fully saturated rings. The summed E-state index contributed by atoms with van der Waals surface area (Å²) < 4.78 is 59.7. The van der Waals surface area contributed by atoms with E-state index in [-0.39, 0.29) is 21.9 Å². The van der Waals surface area contributed by atoms with Crippen LogP contribution in [-0.4, -0.2) is 38.3 Å². The van der Waals surface area contributed by atoms with Crippen LogP contribution in [0.5, 0.6) is 5.75 Å². The van der Waals surface area contributed by atoms with E-state index in [9.17, 15) is 22.0 Å². The van der Waals surface area contributed by atoms with Crippen molar-refractivity contribution >= 4 is 27.7 Å². The van der Waals surface area contributed by atoms with Crippen molar-refractivity contribution in [2.75, 3.05) is 25.0 Å². The van der Waals surface area contributed by atoms with E-state index in [2.05, 4.69) is 5.32 Å². The van der Waals surface area contributed by atoms with Gasteiger partial charge in [0.05, 0.1) is 17.2 Å². The first-order valence-electron chi connectivity index (χ1n) is 9.44. The molecule has 0 spiro atoms. The second kappa shape index (κ2) is 10.3. The lowest BCUT2D eigenvalue weighted by Crippen LogP contribution is -2.30. The second-order valence-electron chi connectivity index (χ2n) is 6.14. The van der Waals surface area contributed by atoms with Crippen LogP contribution in [0.2, 0.25) is 0 Å². The third-order valence-corrected chi connectivity index (χ3v) is 6.30. The highest BCUT2D eigenvalue weighted by molar-refractivity contribution is 7.89. The van der Waals surface area contributed by atoms with Crippen molar-refractivity contribution in [2.24, 2.45) is 0 Å². The van der Waals surface area contributed by atoms with Crippen molar-refractivity contribution in [2.45, 2.75) is 25.7 Å². The summed E-state index contributed by atoms with van der Waals surface area (Å²) in [5.41, 5.74) is -0.218. The largest absolute Gasteiger partial charge is 0.492 e. The third kappa shape index (κ3) is 5.43. The number of carbonyl (C=O) groups is 1. The van der Waals surface area contributed by atoms with Gasteiger partial charge < -0.3 is 10.1 Å². The fourth-order valence-corrected chi connectivity index (χ4v) is 4.25. The van der Waals surface area contributed by atoms with Crippen molar-refractivity contribution < 1.29 is 26.7 Å². The van der Waals surface area contributed by atoms with Gasteiger partial charge in [-0.2, -0.15) is 4.31 Å². The highest BCUT2D eigenvalue weighted by Gasteiger charge is 2.23. The first-order chi connectivity index (χ1) is 14.2. The van der Waals surface area contributed by atoms with Crippen molar-refractivity contribution in [1.82, 2.24) is 4.31 Å². The molecular weight excluding hydrogens is 414 g/mol. The Labute approximate surface area is 175 Å². The SMILES string of the molecule is CCOc1ccc(S(=O)(=O)N(CC)CC)cc1NC(=O)/C=C/c1c(F)cccc1F. The Balaban J connectivity index is 2.35. The monoisotopic (exact) mass is 438 g/mol. The summed E-state index contributed by atoms with van der Waals surface area (Å²) in [4.78, 5) is 12.3. The minimum Gasteiger partial charge on any atom is -0.492 e. The molecule has 162 valence electrons. The molecule has 0 saturated heterocycles. The van der Waals surface area contributed by atoms with Crippen molar-refractivity contribution in [3.05, 3.63) is 59.7 Å². The topological polar surface area (TPSA) is 75.7 Å². The molecule has 0 aliphatic carbocycles. The molecule has 2 rings (SSSR count). The lowest BCUT2D eigenvalue weighted by Gasteiger charge is -2.19. The van der Waals surface area contributed by atoms with Crippen LogP contribution in [0.3, 0.4) is 0 Å². The zero-order chi connectivity index (χ0) is 22.3. The van der Waals surface area contributed by atoms with Crippen LogP contribution in [-0.2, 0) is 14.8 Å². The van der Waals surface area contributed by atoms with Gasteiger partial charge in [0, 0.05) is 24.7 Å². The van der Waals surface area contributed by atoms with Gasteiger partial charge in [-0.3, -0.25) is 4.79 Å². The Morgan fingerprint density at radius 3 is 2.30 bits per heavy atom. The maximum atomic E-state index is 13.7. The van der Waals surface area contributed by atoms with Crippen LogP contribution in [0.4, 0.5) is 14.5 Å². The number of nitrogens with one attached hydrogen (secondary N) is 1. The number of nitrogens with zero attached hydrogens (tertiary/aromatic N) is 1. The van der Waals surface area contributed by atoms with Gasteiger partial charge in [-0.05, 0) is 43.3 Å². The smallest absolute Gasteiger partial charge is 0.248 e. The summed E-state index contributed by atoms with van der Waals surface area (Å²) in [6, 6.07) is 7.53. The molecule has 0 radical (unpaired) electrons. The number of ether oxygens (including phenoxy) is 1. The van der Waals surface area contributed by atoms with Gasteiger partial charge in [0.1, 0.15) is 17.4 Å². The highest BCUT2D eigenvalue weighted by Crippen LogP contribution is 2.29. The number of hydrogen-bond acceptors (Lipinski definition) is 4. The van der Waals surface area contributed by atoms with Gasteiger partial charge in [-0.15, -0.1) is 0 Å². The molecule has 2 aromatic rings. The van der Waals surface area contributed by atoms with Crippen LogP contribution < -0.4 is 10.1 Å². The minimum absolute atomic E-state index is 0.00548. The number of hydrogen-bond donors (Lipinski definition) is 1. The molecule has 6 nitrogen and oxygen atoms in total. The third-order valence-electron chi connectivity index (χ3n) is 4.25. The molecule has 0 aliphatic rings. The molecule has 0 atom stereocenters. The van der Waals surface area contributed by atoms with Crippen molar-refractivity contribution in [3.8, 4) is 5.75 Å². The Morgan fingerprint density at radius 2 is 1.73 bits per heavy atom. The van der Waals surface area contributed by atoms with Gasteiger partial charge in [-0.1, -0.05) is 19.9 Å². The Morgan fingerprint density at radius 1 is 1.10 bits per heavy atom. The van der Waals surface area contributed by atoms with E-state index in [1.54, 1.807) is 20.8 Å². The van der Waals surface area contributed by atoms with Crippen molar-refractivity contribution in [3.63, 3.8) is 0 Å². The lowest BCUT2D eigenvalue weighted by molar-refractivity contribution is -0.111. The van der Waals surface area contributed by atoms with Crippen LogP contribution in [0.15, 0.2) is 47.4 Å². The molecule has 1 N–H and O–H groups in total. The average molecular weight is 438 g/mol. The first kappa shape index (κ1) is 23.5. The van der Waals surface area contributed by atoms with E-state index < -0.39 is 27.6 Å². The maximum Gasteiger partial charge on any atom is 0.248 e. The van der Waals surface area contributed by atoms with Gasteiger partial charge in [0.25, 0.3) is 0 Å². The summed E-state index contributed by atoms with van der Waals surface area (Å²) in [6.45, 7) is 6.08. The number of sulfonamides is 1. The fraction of sp³-hybridized carbons (Fsp3) is 0.286. The number of anilines is 1. The summed E-state index contributed by atoms with van der Waals surface area (Å²) in [5, 5.41) is 2.51. The molecule has 2 aromatic carbocycles. The van der Waals surface area contributed by atoms with E-state index in [0.717, 1.165) is 24.3 Å². The molecule has 0 bridgehead atoms. The first-order valence-corrected chi connectivity index (χ1v) is 10.9. The highest BCUT2D eigenvalue weighted by atomic mass is 32.2. The van der Waals surface area contributed by atoms with E-state index in [0.29, 0.717) is 19.7 Å². The van der Waals surface area contributed by atoms with Gasteiger partial charge in [0.2, 0.25) is 15.9 Å². The number of benzene rings is 2. The van der Waals surface area contributed by atoms with Gasteiger partial charge in [-0.25, -0.2) is 17.2 Å². The quantitative estimate of drug-likeness (QED) is 0.600. The van der Waals surface area contributed by atoms with Crippen LogP contribution >= 0.6 is 0 Å². The van der Waals surface area contributed by atoms with Crippen LogP contribution in [0.25, 0.3) is 6.08 Å². The predicted octanol–water partition coefficient (Wildman–Crippen LogP) is 4.05. The standard InChI is InChI=1S/C21H24F2N2O4S/c1-4-25(5-2)30(27,28)15-10-12-20(29-6-3)19(14-15)24-21(26)13-11-16-17(22)8-7-9-18(16)23/h7-14H,4-6H2,1-3H3,(H,24,26)/b13-11+. The molecule has 0 heterocycles.